The first-order chi connectivity index (χ1) is 8.75. The molecule has 0 amide bonds. The zero-order valence-electron chi connectivity index (χ0n) is 10.5. The maximum absolute atomic E-state index is 12.8. The van der Waals surface area contributed by atoms with E-state index in [0.29, 0.717) is 5.56 Å². The molecule has 3 nitrogen and oxygen atoms in total. The topological polar surface area (TPSA) is 43.4 Å². The molecule has 0 saturated carbocycles. The van der Waals surface area contributed by atoms with Crippen molar-refractivity contribution < 1.29 is 27.5 Å². The van der Waals surface area contributed by atoms with Gasteiger partial charge < -0.3 is 4.74 Å². The van der Waals surface area contributed by atoms with E-state index in [4.69, 9.17) is 0 Å². The lowest BCUT2D eigenvalue weighted by Gasteiger charge is -2.13. The van der Waals surface area contributed by atoms with E-state index < -0.39 is 23.3 Å². The Balaban J connectivity index is 3.26. The first-order valence-electron chi connectivity index (χ1n) is 5.62. The van der Waals surface area contributed by atoms with Gasteiger partial charge in [-0.3, -0.25) is 4.79 Å². The lowest BCUT2D eigenvalue weighted by Crippen LogP contribution is -2.16. The van der Waals surface area contributed by atoms with Crippen molar-refractivity contribution in [2.45, 2.75) is 26.4 Å². The van der Waals surface area contributed by atoms with E-state index in [2.05, 4.69) is 4.74 Å². The summed E-state index contributed by atoms with van der Waals surface area (Å²) in [7, 11) is 0. The standard InChI is InChI=1S/C13H13F3O3/c1-3-19-12(18)10-7-9(6-8(2)17)4-5-11(10)13(14,15)16/h4-5,7H,3,6H2,1-2H3. The molecular formula is C13H13F3O3. The highest BCUT2D eigenvalue weighted by molar-refractivity contribution is 5.92. The SMILES string of the molecule is CCOC(=O)c1cc(CC(C)=O)ccc1C(F)(F)F. The quantitative estimate of drug-likeness (QED) is 0.793. The molecule has 0 saturated heterocycles. The Labute approximate surface area is 108 Å². The molecule has 1 rings (SSSR count). The van der Waals surface area contributed by atoms with E-state index in [1.54, 1.807) is 0 Å². The van der Waals surface area contributed by atoms with Crippen LogP contribution in [0.25, 0.3) is 0 Å². The van der Waals surface area contributed by atoms with Gasteiger partial charge in [0.25, 0.3) is 0 Å². The second kappa shape index (κ2) is 5.86. The summed E-state index contributed by atoms with van der Waals surface area (Å²) >= 11 is 0. The van der Waals surface area contributed by atoms with Crippen molar-refractivity contribution in [3.8, 4) is 0 Å². The molecule has 0 aliphatic heterocycles. The summed E-state index contributed by atoms with van der Waals surface area (Å²) in [5, 5.41) is 0. The highest BCUT2D eigenvalue weighted by Crippen LogP contribution is 2.33. The molecule has 104 valence electrons. The number of benzene rings is 1. The molecule has 0 aliphatic carbocycles. The van der Waals surface area contributed by atoms with Crippen molar-refractivity contribution in [1.82, 2.24) is 0 Å². The highest BCUT2D eigenvalue weighted by Gasteiger charge is 2.35. The monoisotopic (exact) mass is 274 g/mol. The van der Waals surface area contributed by atoms with E-state index >= 15 is 0 Å². The number of carbonyl (C=O) groups excluding carboxylic acids is 2. The van der Waals surface area contributed by atoms with Crippen molar-refractivity contribution in [2.75, 3.05) is 6.61 Å². The van der Waals surface area contributed by atoms with Crippen LogP contribution in [0.2, 0.25) is 0 Å². The van der Waals surface area contributed by atoms with Crippen LogP contribution in [0.3, 0.4) is 0 Å². The second-order valence-corrected chi connectivity index (χ2v) is 3.98. The highest BCUT2D eigenvalue weighted by atomic mass is 19.4. The number of ketones is 1. The fourth-order valence-electron chi connectivity index (χ4n) is 1.61. The minimum atomic E-state index is -4.64. The van der Waals surface area contributed by atoms with Crippen LogP contribution in [0.5, 0.6) is 0 Å². The fraction of sp³-hybridized carbons (Fsp3) is 0.385. The molecule has 0 atom stereocenters. The number of esters is 1. The van der Waals surface area contributed by atoms with Crippen LogP contribution < -0.4 is 0 Å². The number of hydrogen-bond acceptors (Lipinski definition) is 3. The molecule has 0 spiro atoms. The Kier molecular flexibility index (Phi) is 4.69. The average molecular weight is 274 g/mol. The smallest absolute Gasteiger partial charge is 0.417 e. The molecule has 0 aromatic heterocycles. The van der Waals surface area contributed by atoms with Crippen molar-refractivity contribution in [2.24, 2.45) is 0 Å². The van der Waals surface area contributed by atoms with Gasteiger partial charge in [0.05, 0.1) is 17.7 Å². The van der Waals surface area contributed by atoms with Crippen LogP contribution in [-0.2, 0) is 22.1 Å². The number of Topliss-reactive ketones (excluding diaryl/α,β-unsaturated/α-hetero) is 1. The molecule has 1 aromatic carbocycles. The van der Waals surface area contributed by atoms with Gasteiger partial charge >= 0.3 is 12.1 Å². The molecule has 0 aliphatic rings. The Hall–Kier alpha value is -1.85. The van der Waals surface area contributed by atoms with E-state index in [0.717, 1.165) is 12.1 Å². The maximum atomic E-state index is 12.8. The van der Waals surface area contributed by atoms with Crippen LogP contribution in [0.15, 0.2) is 18.2 Å². The van der Waals surface area contributed by atoms with Gasteiger partial charge in [-0.2, -0.15) is 13.2 Å². The van der Waals surface area contributed by atoms with Crippen LogP contribution in [-0.4, -0.2) is 18.4 Å². The van der Waals surface area contributed by atoms with Crippen LogP contribution in [0.4, 0.5) is 13.2 Å². The van der Waals surface area contributed by atoms with Crippen molar-refractivity contribution in [1.29, 1.82) is 0 Å². The summed E-state index contributed by atoms with van der Waals surface area (Å²) in [6.45, 7) is 2.80. The Bertz CT molecular complexity index is 492. The zero-order valence-corrected chi connectivity index (χ0v) is 10.5. The number of halogens is 3. The minimum absolute atomic E-state index is 0.0208. The average Bonchev–Trinajstić information content (AvgIpc) is 2.26. The van der Waals surface area contributed by atoms with Gasteiger partial charge in [-0.05, 0) is 31.5 Å². The van der Waals surface area contributed by atoms with E-state index in [1.807, 2.05) is 0 Å². The number of hydrogen-bond donors (Lipinski definition) is 0. The van der Waals surface area contributed by atoms with Gasteiger partial charge in [-0.25, -0.2) is 4.79 Å². The predicted octanol–water partition coefficient (Wildman–Crippen LogP) is 3.01. The number of carbonyl (C=O) groups is 2. The normalized spacial score (nSPS) is 11.2. The second-order valence-electron chi connectivity index (χ2n) is 3.98. The van der Waals surface area contributed by atoms with Crippen LogP contribution in [0, 0.1) is 0 Å². The Morgan fingerprint density at radius 3 is 2.37 bits per heavy atom. The predicted molar refractivity (Wildman–Crippen MR) is 61.8 cm³/mol. The summed E-state index contributed by atoms with van der Waals surface area (Å²) in [5.74, 6) is -1.24. The van der Waals surface area contributed by atoms with Gasteiger partial charge in [0.2, 0.25) is 0 Å². The van der Waals surface area contributed by atoms with Gasteiger partial charge in [0.15, 0.2) is 0 Å². The molecule has 6 heteroatoms. The number of alkyl halides is 3. The third kappa shape index (κ3) is 4.08. The molecule has 0 fully saturated rings. The molecular weight excluding hydrogens is 261 g/mol. The van der Waals surface area contributed by atoms with Gasteiger partial charge in [-0.15, -0.1) is 0 Å². The summed E-state index contributed by atoms with van der Waals surface area (Å²) in [5.41, 5.74) is -1.27. The molecule has 1 aromatic rings. The largest absolute Gasteiger partial charge is 0.462 e. The number of rotatable bonds is 4. The summed E-state index contributed by atoms with van der Waals surface area (Å²) in [6.07, 6.45) is -4.67. The zero-order chi connectivity index (χ0) is 14.6. The molecule has 0 radical (unpaired) electrons. The van der Waals surface area contributed by atoms with E-state index in [9.17, 15) is 22.8 Å². The third-order valence-electron chi connectivity index (χ3n) is 2.34. The molecule has 0 bridgehead atoms. The van der Waals surface area contributed by atoms with Crippen molar-refractivity contribution in [3.63, 3.8) is 0 Å². The summed E-state index contributed by atoms with van der Waals surface area (Å²) < 4.78 is 42.9. The van der Waals surface area contributed by atoms with Crippen LogP contribution in [0.1, 0.15) is 35.3 Å². The van der Waals surface area contributed by atoms with Gasteiger partial charge in [0.1, 0.15) is 5.78 Å². The maximum Gasteiger partial charge on any atom is 0.417 e. The summed E-state index contributed by atoms with van der Waals surface area (Å²) in [6, 6.07) is 3.04. The van der Waals surface area contributed by atoms with Gasteiger partial charge in [0, 0.05) is 6.42 Å². The third-order valence-corrected chi connectivity index (χ3v) is 2.34. The van der Waals surface area contributed by atoms with Crippen molar-refractivity contribution >= 4 is 11.8 Å². The Morgan fingerprint density at radius 2 is 1.89 bits per heavy atom. The fourth-order valence-corrected chi connectivity index (χ4v) is 1.61. The first kappa shape index (κ1) is 15.2. The van der Waals surface area contributed by atoms with E-state index in [1.165, 1.54) is 19.9 Å². The van der Waals surface area contributed by atoms with Gasteiger partial charge in [-0.1, -0.05) is 6.07 Å². The number of ether oxygens (including phenoxy) is 1. The molecule has 0 N–H and O–H groups in total. The first-order valence-corrected chi connectivity index (χ1v) is 5.62. The lowest BCUT2D eigenvalue weighted by atomic mass is 10.0. The Morgan fingerprint density at radius 1 is 1.26 bits per heavy atom. The van der Waals surface area contributed by atoms with Crippen molar-refractivity contribution in [3.05, 3.63) is 34.9 Å². The van der Waals surface area contributed by atoms with E-state index in [-0.39, 0.29) is 18.8 Å². The molecule has 0 heterocycles. The summed E-state index contributed by atoms with van der Waals surface area (Å²) in [4.78, 5) is 22.5. The van der Waals surface area contributed by atoms with Crippen LogP contribution >= 0.6 is 0 Å². The molecule has 0 unspecified atom stereocenters. The molecule has 19 heavy (non-hydrogen) atoms. The minimum Gasteiger partial charge on any atom is -0.462 e. The lowest BCUT2D eigenvalue weighted by molar-refractivity contribution is -0.138.